The van der Waals surface area contributed by atoms with Crippen LogP contribution in [0.3, 0.4) is 0 Å². The van der Waals surface area contributed by atoms with E-state index in [1.165, 1.54) is 18.4 Å². The van der Waals surface area contributed by atoms with E-state index in [4.69, 9.17) is 18.9 Å². The number of thiazole rings is 1. The van der Waals surface area contributed by atoms with Crippen LogP contribution in [0, 0.1) is 7.14 Å². The molecule has 1 atom stereocenters. The molecule has 0 fully saturated rings. The minimum absolute atomic E-state index is 0.184. The maximum Gasteiger partial charge on any atom is 0.338 e. The lowest BCUT2D eigenvalue weighted by Gasteiger charge is -2.26. The average molecular weight is 851 g/mol. The molecule has 1 aliphatic rings. The van der Waals surface area contributed by atoms with Crippen LogP contribution in [-0.4, -0.2) is 38.0 Å². The Bertz CT molecular complexity index is 1690. The minimum atomic E-state index is -0.804. The molecule has 0 unspecified atom stereocenters. The molecule has 0 N–H and O–H groups in total. The smallest absolute Gasteiger partial charge is 0.338 e. The van der Waals surface area contributed by atoms with Crippen LogP contribution in [0.15, 0.2) is 62.5 Å². The largest absolute Gasteiger partial charge is 0.493 e. The van der Waals surface area contributed by atoms with Gasteiger partial charge in [-0.05, 0) is 100 Å². The summed E-state index contributed by atoms with van der Waals surface area (Å²) < 4.78 is 26.7. The topological polar surface area (TPSA) is 88.3 Å². The second kappa shape index (κ2) is 13.2. The Morgan fingerprint density at radius 2 is 1.82 bits per heavy atom. The number of fused-ring (bicyclic) bond motifs is 1. The second-order valence-electron chi connectivity index (χ2n) is 8.44. The molecule has 210 valence electrons. The van der Waals surface area contributed by atoms with E-state index < -0.39 is 12.0 Å². The van der Waals surface area contributed by atoms with Crippen LogP contribution in [0.4, 0.5) is 0 Å². The van der Waals surface area contributed by atoms with Gasteiger partial charge in [0.25, 0.3) is 5.56 Å². The molecule has 12 heteroatoms. The third-order valence-corrected chi connectivity index (χ3v) is 9.25. The van der Waals surface area contributed by atoms with Crippen molar-refractivity contribution in [3.8, 4) is 17.2 Å². The summed E-state index contributed by atoms with van der Waals surface area (Å²) in [4.78, 5) is 32.4. The number of halogens is 3. The van der Waals surface area contributed by atoms with E-state index in [2.05, 4.69) is 72.7 Å². The highest BCUT2D eigenvalue weighted by atomic mass is 127. The molecule has 0 bridgehead atoms. The van der Waals surface area contributed by atoms with E-state index in [1.807, 2.05) is 18.2 Å². The maximum atomic E-state index is 14.0. The van der Waals surface area contributed by atoms with Crippen molar-refractivity contribution >= 4 is 84.5 Å². The lowest BCUT2D eigenvalue weighted by atomic mass is 9.95. The van der Waals surface area contributed by atoms with Crippen molar-refractivity contribution in [1.82, 2.24) is 4.57 Å². The number of hydrogen-bond acceptors (Lipinski definition) is 8. The zero-order valence-corrected chi connectivity index (χ0v) is 28.8. The number of carbonyl (C=O) groups is 1. The van der Waals surface area contributed by atoms with Crippen molar-refractivity contribution in [2.75, 3.05) is 27.4 Å². The number of carbonyl (C=O) groups excluding carboxylic acids is 1. The SMILES string of the molecule is C=CCOc1c(I)cc(/C=c2\sc3n(c2=O)[C@H](c2cc(OC)c(OC)cc2Br)C(C(=O)OCC)=C(C)N=3)cc1I. The third-order valence-electron chi connectivity index (χ3n) is 5.98. The summed E-state index contributed by atoms with van der Waals surface area (Å²) >= 11 is 9.32. The van der Waals surface area contributed by atoms with Gasteiger partial charge >= 0.3 is 5.97 Å². The molecule has 1 aromatic heterocycles. The zero-order chi connectivity index (χ0) is 29.1. The van der Waals surface area contributed by atoms with Gasteiger partial charge in [0.05, 0.1) is 49.8 Å². The summed E-state index contributed by atoms with van der Waals surface area (Å²) in [7, 11) is 3.08. The summed E-state index contributed by atoms with van der Waals surface area (Å²) in [5.74, 6) is 1.20. The number of methoxy groups -OCH3 is 2. The molecule has 3 aromatic rings. The predicted molar refractivity (Wildman–Crippen MR) is 175 cm³/mol. The average Bonchev–Trinajstić information content (AvgIpc) is 3.21. The summed E-state index contributed by atoms with van der Waals surface area (Å²) in [5, 5.41) is 0. The van der Waals surface area contributed by atoms with Gasteiger partial charge < -0.3 is 18.9 Å². The first-order chi connectivity index (χ1) is 19.1. The Morgan fingerprint density at radius 1 is 1.18 bits per heavy atom. The lowest BCUT2D eigenvalue weighted by Crippen LogP contribution is -2.40. The Hall–Kier alpha value is -2.17. The molecule has 0 radical (unpaired) electrons. The van der Waals surface area contributed by atoms with E-state index in [0.29, 0.717) is 43.2 Å². The predicted octanol–water partition coefficient (Wildman–Crippen LogP) is 5.35. The molecule has 0 saturated heterocycles. The normalized spacial score (nSPS) is 14.9. The summed E-state index contributed by atoms with van der Waals surface area (Å²) in [5.41, 5.74) is 1.96. The monoisotopic (exact) mass is 850 g/mol. The van der Waals surface area contributed by atoms with Gasteiger partial charge in [-0.25, -0.2) is 9.79 Å². The summed E-state index contributed by atoms with van der Waals surface area (Å²) in [6.07, 6.45) is 3.52. The second-order valence-corrected chi connectivity index (χ2v) is 12.6. The highest BCUT2D eigenvalue weighted by Crippen LogP contribution is 2.40. The number of esters is 1. The maximum absolute atomic E-state index is 14.0. The molecule has 0 aliphatic carbocycles. The van der Waals surface area contributed by atoms with E-state index in [0.717, 1.165) is 18.5 Å². The first kappa shape index (κ1) is 30.8. The van der Waals surface area contributed by atoms with E-state index >= 15 is 0 Å². The number of rotatable bonds is 9. The van der Waals surface area contributed by atoms with Crippen LogP contribution < -0.4 is 29.1 Å². The van der Waals surface area contributed by atoms with Gasteiger partial charge in [0.1, 0.15) is 12.4 Å². The van der Waals surface area contributed by atoms with E-state index in [1.54, 1.807) is 43.7 Å². The molecule has 1 aliphatic heterocycles. The number of allylic oxidation sites excluding steroid dienone is 1. The van der Waals surface area contributed by atoms with Gasteiger partial charge in [-0.2, -0.15) is 0 Å². The minimum Gasteiger partial charge on any atom is -0.493 e. The van der Waals surface area contributed by atoms with E-state index in [-0.39, 0.29) is 17.7 Å². The van der Waals surface area contributed by atoms with Gasteiger partial charge in [0.15, 0.2) is 16.3 Å². The fourth-order valence-electron chi connectivity index (χ4n) is 4.26. The van der Waals surface area contributed by atoms with Crippen molar-refractivity contribution in [3.63, 3.8) is 0 Å². The number of aromatic nitrogens is 1. The van der Waals surface area contributed by atoms with Crippen LogP contribution in [0.2, 0.25) is 0 Å². The number of ether oxygens (including phenoxy) is 4. The Balaban J connectivity index is 1.96. The Kier molecular flexibility index (Phi) is 10.2. The molecular weight excluding hydrogens is 826 g/mol. The van der Waals surface area contributed by atoms with Crippen LogP contribution in [-0.2, 0) is 9.53 Å². The molecule has 0 amide bonds. The molecular formula is C28H25BrI2N2O6S. The fourth-order valence-corrected chi connectivity index (χ4v) is 7.97. The molecule has 0 saturated carbocycles. The molecule has 4 rings (SSSR count). The van der Waals surface area contributed by atoms with Gasteiger partial charge in [-0.15, -0.1) is 0 Å². The quantitative estimate of drug-likeness (QED) is 0.164. The summed E-state index contributed by atoms with van der Waals surface area (Å²) in [6, 6.07) is 6.62. The lowest BCUT2D eigenvalue weighted by molar-refractivity contribution is -0.139. The van der Waals surface area contributed by atoms with Gasteiger partial charge in [0, 0.05) is 4.47 Å². The number of nitrogens with zero attached hydrogens (tertiary/aromatic N) is 2. The highest BCUT2D eigenvalue weighted by Gasteiger charge is 2.35. The number of benzene rings is 2. The third kappa shape index (κ3) is 6.04. The first-order valence-corrected chi connectivity index (χ1v) is 15.8. The molecule has 8 nitrogen and oxygen atoms in total. The Morgan fingerprint density at radius 3 is 2.42 bits per heavy atom. The highest BCUT2D eigenvalue weighted by molar-refractivity contribution is 14.1. The van der Waals surface area contributed by atoms with Gasteiger partial charge in [0.2, 0.25) is 0 Å². The van der Waals surface area contributed by atoms with Crippen molar-refractivity contribution in [1.29, 1.82) is 0 Å². The first-order valence-electron chi connectivity index (χ1n) is 12.0. The molecule has 0 spiro atoms. The zero-order valence-electron chi connectivity index (χ0n) is 22.0. The molecule has 2 heterocycles. The Labute approximate surface area is 270 Å². The van der Waals surface area contributed by atoms with Gasteiger partial charge in [-0.1, -0.05) is 39.9 Å². The van der Waals surface area contributed by atoms with Crippen molar-refractivity contribution in [2.24, 2.45) is 4.99 Å². The van der Waals surface area contributed by atoms with Crippen molar-refractivity contribution in [2.45, 2.75) is 19.9 Å². The van der Waals surface area contributed by atoms with Crippen LogP contribution in [0.25, 0.3) is 6.08 Å². The standard InChI is InChI=1S/C28H25BrI2N2O6S/c1-6-8-39-25-18(30)9-15(10-19(25)31)11-22-26(34)33-24(16-12-20(36-4)21(37-5)13-17(16)29)23(27(35)38-7-2)14(3)32-28(33)40-22/h6,9-13,24H,1,7-8H2,2-5H3/b22-11-/t24-/m1/s1. The van der Waals surface area contributed by atoms with Crippen LogP contribution in [0.1, 0.15) is 31.0 Å². The fraction of sp³-hybridized carbons (Fsp3) is 0.250. The summed E-state index contributed by atoms with van der Waals surface area (Å²) in [6.45, 7) is 7.77. The van der Waals surface area contributed by atoms with Gasteiger partial charge in [-0.3, -0.25) is 9.36 Å². The van der Waals surface area contributed by atoms with Crippen molar-refractivity contribution < 1.29 is 23.7 Å². The molecule has 40 heavy (non-hydrogen) atoms. The van der Waals surface area contributed by atoms with E-state index in [9.17, 15) is 9.59 Å². The molecule has 2 aromatic carbocycles. The van der Waals surface area contributed by atoms with Crippen molar-refractivity contribution in [3.05, 3.63) is 90.6 Å². The van der Waals surface area contributed by atoms with Crippen LogP contribution in [0.5, 0.6) is 17.2 Å². The number of hydrogen-bond donors (Lipinski definition) is 0. The van der Waals surface area contributed by atoms with Crippen LogP contribution >= 0.6 is 72.4 Å².